The monoisotopic (exact) mass is 231 g/mol. The summed E-state index contributed by atoms with van der Waals surface area (Å²) < 4.78 is 11.3. The standard InChI is InChI=1S/C8H13N3OS2/c9-7-6-10-8(13-7)11-2-1-4-14(12)5-3-11/h6H,1-5,9H2. The van der Waals surface area contributed by atoms with Gasteiger partial charge >= 0.3 is 0 Å². The number of nitrogen functional groups attached to an aromatic ring is 1. The van der Waals surface area contributed by atoms with Gasteiger partial charge in [-0.15, -0.1) is 0 Å². The molecule has 14 heavy (non-hydrogen) atoms. The molecule has 0 spiro atoms. The van der Waals surface area contributed by atoms with Gasteiger partial charge in [0, 0.05) is 35.4 Å². The lowest BCUT2D eigenvalue weighted by molar-refractivity contribution is 0.683. The van der Waals surface area contributed by atoms with Crippen LogP contribution in [0.25, 0.3) is 0 Å². The van der Waals surface area contributed by atoms with E-state index in [2.05, 4.69) is 9.88 Å². The normalized spacial score (nSPS) is 23.4. The first-order chi connectivity index (χ1) is 6.75. The zero-order valence-corrected chi connectivity index (χ0v) is 9.44. The predicted molar refractivity (Wildman–Crippen MR) is 61.2 cm³/mol. The van der Waals surface area contributed by atoms with Gasteiger partial charge in [0.05, 0.1) is 6.20 Å². The van der Waals surface area contributed by atoms with Gasteiger partial charge in [-0.3, -0.25) is 4.21 Å². The van der Waals surface area contributed by atoms with Crippen molar-refractivity contribution >= 4 is 32.3 Å². The van der Waals surface area contributed by atoms with Crippen molar-refractivity contribution in [2.45, 2.75) is 6.42 Å². The van der Waals surface area contributed by atoms with Crippen molar-refractivity contribution in [3.05, 3.63) is 6.20 Å². The molecule has 1 unspecified atom stereocenters. The number of hydrogen-bond acceptors (Lipinski definition) is 5. The molecule has 1 aliphatic rings. The summed E-state index contributed by atoms with van der Waals surface area (Å²) in [4.78, 5) is 6.40. The fourth-order valence-corrected chi connectivity index (χ4v) is 3.27. The summed E-state index contributed by atoms with van der Waals surface area (Å²) >= 11 is 1.50. The van der Waals surface area contributed by atoms with Gasteiger partial charge in [-0.2, -0.15) is 0 Å². The summed E-state index contributed by atoms with van der Waals surface area (Å²) in [6.07, 6.45) is 2.66. The van der Waals surface area contributed by atoms with Gasteiger partial charge in [0.2, 0.25) is 0 Å². The Morgan fingerprint density at radius 1 is 1.50 bits per heavy atom. The van der Waals surface area contributed by atoms with E-state index in [9.17, 15) is 4.21 Å². The van der Waals surface area contributed by atoms with Gasteiger partial charge in [0.25, 0.3) is 0 Å². The molecule has 0 saturated carbocycles. The van der Waals surface area contributed by atoms with Crippen LogP contribution in [-0.4, -0.2) is 33.8 Å². The van der Waals surface area contributed by atoms with E-state index in [4.69, 9.17) is 5.73 Å². The molecule has 0 aromatic carbocycles. The molecule has 1 fully saturated rings. The van der Waals surface area contributed by atoms with Crippen molar-refractivity contribution in [1.82, 2.24) is 4.98 Å². The third-order valence-electron chi connectivity index (χ3n) is 2.17. The SMILES string of the molecule is Nc1cnc(N2CCCS(=O)CC2)s1. The van der Waals surface area contributed by atoms with Crippen molar-refractivity contribution in [2.24, 2.45) is 0 Å². The zero-order chi connectivity index (χ0) is 9.97. The van der Waals surface area contributed by atoms with Crippen LogP contribution in [0.5, 0.6) is 0 Å². The van der Waals surface area contributed by atoms with E-state index in [-0.39, 0.29) is 0 Å². The average molecular weight is 231 g/mol. The second-order valence-electron chi connectivity index (χ2n) is 3.23. The van der Waals surface area contributed by atoms with Crippen LogP contribution in [0.2, 0.25) is 0 Å². The number of rotatable bonds is 1. The molecule has 6 heteroatoms. The quantitative estimate of drug-likeness (QED) is 0.772. The first kappa shape index (κ1) is 9.92. The minimum absolute atomic E-state index is 0.641. The van der Waals surface area contributed by atoms with E-state index in [0.717, 1.165) is 41.1 Å². The Bertz CT molecular complexity index is 339. The highest BCUT2D eigenvalue weighted by Crippen LogP contribution is 2.24. The summed E-state index contributed by atoms with van der Waals surface area (Å²) in [7, 11) is -0.641. The highest BCUT2D eigenvalue weighted by Gasteiger charge is 2.15. The molecule has 0 aliphatic carbocycles. The van der Waals surface area contributed by atoms with Crippen LogP contribution in [0.1, 0.15) is 6.42 Å². The summed E-state index contributed by atoms with van der Waals surface area (Å²) in [5.41, 5.74) is 5.62. The van der Waals surface area contributed by atoms with E-state index in [1.165, 1.54) is 11.3 Å². The maximum absolute atomic E-state index is 11.3. The van der Waals surface area contributed by atoms with Gasteiger partial charge in [0.15, 0.2) is 5.13 Å². The van der Waals surface area contributed by atoms with Crippen LogP contribution in [0, 0.1) is 0 Å². The zero-order valence-electron chi connectivity index (χ0n) is 7.81. The molecule has 78 valence electrons. The largest absolute Gasteiger partial charge is 0.389 e. The first-order valence-electron chi connectivity index (χ1n) is 4.57. The third-order valence-corrected chi connectivity index (χ3v) is 4.44. The Morgan fingerprint density at radius 2 is 2.36 bits per heavy atom. The average Bonchev–Trinajstić information content (AvgIpc) is 2.46. The Balaban J connectivity index is 2.07. The van der Waals surface area contributed by atoms with Crippen molar-refractivity contribution in [3.63, 3.8) is 0 Å². The molecule has 2 N–H and O–H groups in total. The molecule has 1 saturated heterocycles. The molecule has 1 aromatic heterocycles. The van der Waals surface area contributed by atoms with Crippen molar-refractivity contribution in [1.29, 1.82) is 0 Å². The number of thiazole rings is 1. The summed E-state index contributed by atoms with van der Waals surface area (Å²) in [5.74, 6) is 1.57. The van der Waals surface area contributed by atoms with E-state index >= 15 is 0 Å². The van der Waals surface area contributed by atoms with E-state index in [1.54, 1.807) is 6.20 Å². The van der Waals surface area contributed by atoms with E-state index in [0.29, 0.717) is 0 Å². The van der Waals surface area contributed by atoms with Crippen LogP contribution < -0.4 is 10.6 Å². The molecule has 1 aliphatic heterocycles. The van der Waals surface area contributed by atoms with Crippen LogP contribution in [0.4, 0.5) is 10.1 Å². The second-order valence-corrected chi connectivity index (χ2v) is 5.97. The summed E-state index contributed by atoms with van der Waals surface area (Å²) in [6, 6.07) is 0. The Kier molecular flexibility index (Phi) is 3.02. The maximum Gasteiger partial charge on any atom is 0.187 e. The summed E-state index contributed by atoms with van der Waals surface area (Å²) in [6.45, 7) is 1.78. The Hall–Kier alpha value is -0.620. The van der Waals surface area contributed by atoms with Crippen LogP contribution in [0.3, 0.4) is 0 Å². The highest BCUT2D eigenvalue weighted by atomic mass is 32.2. The molecule has 0 amide bonds. The van der Waals surface area contributed by atoms with Gasteiger partial charge in [-0.05, 0) is 6.42 Å². The molecule has 4 nitrogen and oxygen atoms in total. The van der Waals surface area contributed by atoms with Crippen molar-refractivity contribution in [3.8, 4) is 0 Å². The molecule has 1 atom stereocenters. The van der Waals surface area contributed by atoms with E-state index in [1.807, 2.05) is 0 Å². The first-order valence-corrected chi connectivity index (χ1v) is 6.87. The molecule has 0 radical (unpaired) electrons. The van der Waals surface area contributed by atoms with Gasteiger partial charge in [-0.25, -0.2) is 4.98 Å². The number of nitrogens with two attached hydrogens (primary N) is 1. The van der Waals surface area contributed by atoms with Gasteiger partial charge in [-0.1, -0.05) is 11.3 Å². The lowest BCUT2D eigenvalue weighted by atomic mass is 10.4. The Labute approximate surface area is 89.6 Å². The predicted octanol–water partition coefficient (Wildman–Crippen LogP) is 0.684. The van der Waals surface area contributed by atoms with Crippen LogP contribution in [-0.2, 0) is 10.8 Å². The molecular weight excluding hydrogens is 218 g/mol. The molecule has 0 bridgehead atoms. The number of aromatic nitrogens is 1. The van der Waals surface area contributed by atoms with Gasteiger partial charge in [0.1, 0.15) is 5.00 Å². The molecule has 2 rings (SSSR count). The van der Waals surface area contributed by atoms with Crippen molar-refractivity contribution in [2.75, 3.05) is 35.2 Å². The Morgan fingerprint density at radius 3 is 3.07 bits per heavy atom. The third kappa shape index (κ3) is 2.24. The highest BCUT2D eigenvalue weighted by molar-refractivity contribution is 7.85. The lowest BCUT2D eigenvalue weighted by Gasteiger charge is -2.17. The van der Waals surface area contributed by atoms with E-state index < -0.39 is 10.8 Å². The number of anilines is 2. The number of hydrogen-bond donors (Lipinski definition) is 1. The fraction of sp³-hybridized carbons (Fsp3) is 0.625. The summed E-state index contributed by atoms with van der Waals surface area (Å²) in [5, 5.41) is 1.70. The topological polar surface area (TPSA) is 59.2 Å². The lowest BCUT2D eigenvalue weighted by Crippen LogP contribution is -2.25. The van der Waals surface area contributed by atoms with Crippen LogP contribution in [0.15, 0.2) is 6.20 Å². The minimum atomic E-state index is -0.641. The van der Waals surface area contributed by atoms with Gasteiger partial charge < -0.3 is 10.6 Å². The fourth-order valence-electron chi connectivity index (χ4n) is 1.46. The van der Waals surface area contributed by atoms with Crippen LogP contribution >= 0.6 is 11.3 Å². The minimum Gasteiger partial charge on any atom is -0.389 e. The number of nitrogens with zero attached hydrogens (tertiary/aromatic N) is 2. The molecule has 2 heterocycles. The molecule has 1 aromatic rings. The second kappa shape index (κ2) is 4.27. The maximum atomic E-state index is 11.3. The van der Waals surface area contributed by atoms with Crippen molar-refractivity contribution < 1.29 is 4.21 Å². The smallest absolute Gasteiger partial charge is 0.187 e. The molecular formula is C8H13N3OS2.